The van der Waals surface area contributed by atoms with Crippen molar-refractivity contribution in [3.05, 3.63) is 0 Å². The van der Waals surface area contributed by atoms with E-state index in [-0.39, 0.29) is 6.23 Å². The fourth-order valence-corrected chi connectivity index (χ4v) is 1.55. The van der Waals surface area contributed by atoms with Crippen LogP contribution in [0, 0.1) is 0 Å². The average Bonchev–Trinajstić information content (AvgIpc) is 2.17. The molecule has 1 aliphatic heterocycles. The summed E-state index contributed by atoms with van der Waals surface area (Å²) in [6.45, 7) is 6.37. The van der Waals surface area contributed by atoms with Gasteiger partial charge in [-0.3, -0.25) is 9.69 Å². The van der Waals surface area contributed by atoms with Crippen molar-refractivity contribution in [1.82, 2.24) is 9.80 Å². The first kappa shape index (κ1) is 11.4. The van der Waals surface area contributed by atoms with Crippen molar-refractivity contribution >= 4 is 6.41 Å². The summed E-state index contributed by atoms with van der Waals surface area (Å²) in [5, 5.41) is 9.03. The van der Waals surface area contributed by atoms with E-state index in [2.05, 4.69) is 4.90 Å². The molecule has 5 heteroatoms. The molecule has 0 aromatic rings. The molecule has 1 fully saturated rings. The highest BCUT2D eigenvalue weighted by Gasteiger charge is 2.21. The molecule has 81 valence electrons. The number of rotatable bonds is 4. The molecule has 14 heavy (non-hydrogen) atoms. The van der Waals surface area contributed by atoms with Crippen LogP contribution in [0.2, 0.25) is 0 Å². The molecule has 1 aliphatic rings. The van der Waals surface area contributed by atoms with Crippen molar-refractivity contribution in [2.24, 2.45) is 0 Å². The minimum atomic E-state index is -0.749. The van der Waals surface area contributed by atoms with Crippen LogP contribution in [-0.2, 0) is 9.53 Å². The largest absolute Gasteiger partial charge is 0.368 e. The number of aliphatic hydroxyl groups excluding tert-OH is 1. The minimum absolute atomic E-state index is 0.108. The molecular weight excluding hydrogens is 184 g/mol. The summed E-state index contributed by atoms with van der Waals surface area (Å²) in [6, 6.07) is 0. The number of ether oxygens (including phenoxy) is 1. The number of piperazine rings is 1. The highest BCUT2D eigenvalue weighted by molar-refractivity contribution is 5.48. The normalized spacial score (nSPS) is 23.2. The molecule has 1 heterocycles. The predicted molar refractivity (Wildman–Crippen MR) is 51.1 cm³/mol. The van der Waals surface area contributed by atoms with Crippen LogP contribution in [0.5, 0.6) is 0 Å². The van der Waals surface area contributed by atoms with Gasteiger partial charge in [-0.2, -0.15) is 0 Å². The molecule has 2 unspecified atom stereocenters. The second kappa shape index (κ2) is 5.29. The molecule has 0 bridgehead atoms. The summed E-state index contributed by atoms with van der Waals surface area (Å²) in [6.07, 6.45) is 1.01. The summed E-state index contributed by atoms with van der Waals surface area (Å²) >= 11 is 0. The van der Waals surface area contributed by atoms with E-state index >= 15 is 0 Å². The number of hydrogen-bond donors (Lipinski definition) is 1. The number of amides is 1. The molecule has 1 rings (SSSR count). The van der Waals surface area contributed by atoms with Crippen LogP contribution in [-0.4, -0.2) is 60.0 Å². The van der Waals surface area contributed by atoms with Crippen LogP contribution in [0.25, 0.3) is 0 Å². The van der Waals surface area contributed by atoms with E-state index in [0.29, 0.717) is 13.1 Å². The lowest BCUT2D eigenvalue weighted by Crippen LogP contribution is -2.50. The zero-order valence-corrected chi connectivity index (χ0v) is 8.64. The van der Waals surface area contributed by atoms with Gasteiger partial charge in [0.25, 0.3) is 0 Å². The molecule has 1 saturated heterocycles. The molecule has 0 saturated carbocycles. The Hall–Kier alpha value is -0.650. The van der Waals surface area contributed by atoms with Crippen molar-refractivity contribution in [3.8, 4) is 0 Å². The molecule has 2 atom stereocenters. The third-order valence-corrected chi connectivity index (χ3v) is 2.35. The van der Waals surface area contributed by atoms with Gasteiger partial charge in [-0.05, 0) is 13.8 Å². The van der Waals surface area contributed by atoms with Gasteiger partial charge < -0.3 is 14.7 Å². The first-order chi connectivity index (χ1) is 6.63. The molecule has 0 aromatic heterocycles. The molecule has 1 amide bonds. The first-order valence-corrected chi connectivity index (χ1v) is 4.84. The molecule has 1 radical (unpaired) electrons. The third kappa shape index (κ3) is 3.25. The third-order valence-electron chi connectivity index (χ3n) is 2.35. The van der Waals surface area contributed by atoms with Crippen LogP contribution >= 0.6 is 0 Å². The summed E-state index contributed by atoms with van der Waals surface area (Å²) in [4.78, 5) is 14.0. The van der Waals surface area contributed by atoms with Gasteiger partial charge in [-0.15, -0.1) is 0 Å². The zero-order chi connectivity index (χ0) is 10.6. The van der Waals surface area contributed by atoms with Crippen LogP contribution < -0.4 is 0 Å². The predicted octanol–water partition coefficient (Wildman–Crippen LogP) is -0.628. The van der Waals surface area contributed by atoms with E-state index < -0.39 is 6.29 Å². The Kier molecular flexibility index (Phi) is 4.31. The maximum atomic E-state index is 10.3. The Morgan fingerprint density at radius 3 is 2.29 bits per heavy atom. The van der Waals surface area contributed by atoms with Gasteiger partial charge in [-0.1, -0.05) is 0 Å². The van der Waals surface area contributed by atoms with E-state index in [0.717, 1.165) is 13.1 Å². The Bertz CT molecular complexity index is 179. The van der Waals surface area contributed by atoms with E-state index in [1.165, 1.54) is 0 Å². The van der Waals surface area contributed by atoms with Crippen molar-refractivity contribution in [1.29, 1.82) is 0 Å². The summed E-state index contributed by atoms with van der Waals surface area (Å²) in [7, 11) is 0. The highest BCUT2D eigenvalue weighted by atomic mass is 16.6. The van der Waals surface area contributed by atoms with Gasteiger partial charge in [0.1, 0.15) is 6.23 Å². The van der Waals surface area contributed by atoms with Gasteiger partial charge in [0.05, 0.1) is 0 Å². The van der Waals surface area contributed by atoms with Crippen LogP contribution in [0.4, 0.5) is 0 Å². The lowest BCUT2D eigenvalue weighted by Gasteiger charge is -2.36. The SMILES string of the molecule is CC(O)OC(C)N1CCN([C]=O)CC1. The quantitative estimate of drug-likeness (QED) is 0.615. The van der Waals surface area contributed by atoms with Crippen molar-refractivity contribution in [2.45, 2.75) is 26.4 Å². The molecule has 0 aliphatic carbocycles. The van der Waals surface area contributed by atoms with E-state index in [9.17, 15) is 4.79 Å². The minimum Gasteiger partial charge on any atom is -0.368 e. The van der Waals surface area contributed by atoms with E-state index in [4.69, 9.17) is 9.84 Å². The average molecular weight is 201 g/mol. The summed E-state index contributed by atoms with van der Waals surface area (Å²) < 4.78 is 5.22. The maximum Gasteiger partial charge on any atom is 0.312 e. The van der Waals surface area contributed by atoms with Gasteiger partial charge in [-0.25, -0.2) is 0 Å². The van der Waals surface area contributed by atoms with Gasteiger partial charge in [0.2, 0.25) is 0 Å². The van der Waals surface area contributed by atoms with Crippen molar-refractivity contribution < 1.29 is 14.6 Å². The highest BCUT2D eigenvalue weighted by Crippen LogP contribution is 2.07. The maximum absolute atomic E-state index is 10.3. The molecule has 0 aromatic carbocycles. The smallest absolute Gasteiger partial charge is 0.312 e. The number of carbonyl (C=O) groups excluding carboxylic acids is 1. The fraction of sp³-hybridized carbons (Fsp3) is 0.889. The van der Waals surface area contributed by atoms with Crippen molar-refractivity contribution in [2.75, 3.05) is 26.2 Å². The number of aliphatic hydroxyl groups is 1. The first-order valence-electron chi connectivity index (χ1n) is 4.84. The van der Waals surface area contributed by atoms with E-state index in [1.807, 2.05) is 13.3 Å². The fourth-order valence-electron chi connectivity index (χ4n) is 1.55. The summed E-state index contributed by atoms with van der Waals surface area (Å²) in [5.41, 5.74) is 0. The van der Waals surface area contributed by atoms with Gasteiger partial charge in [0, 0.05) is 26.2 Å². The summed E-state index contributed by atoms with van der Waals surface area (Å²) in [5.74, 6) is 0. The second-order valence-electron chi connectivity index (χ2n) is 3.45. The van der Waals surface area contributed by atoms with E-state index in [1.54, 1.807) is 11.8 Å². The topological polar surface area (TPSA) is 53.0 Å². The molecule has 1 N–H and O–H groups in total. The van der Waals surface area contributed by atoms with Crippen LogP contribution in [0.1, 0.15) is 13.8 Å². The second-order valence-corrected chi connectivity index (χ2v) is 3.45. The monoisotopic (exact) mass is 201 g/mol. The van der Waals surface area contributed by atoms with Gasteiger partial charge in [0.15, 0.2) is 6.29 Å². The Morgan fingerprint density at radius 1 is 1.29 bits per heavy atom. The Balaban J connectivity index is 2.30. The van der Waals surface area contributed by atoms with Crippen molar-refractivity contribution in [3.63, 3.8) is 0 Å². The zero-order valence-electron chi connectivity index (χ0n) is 8.64. The standard InChI is InChI=1S/C9H17N2O3/c1-8(14-9(2)13)11-5-3-10(7-12)4-6-11/h8-9,13H,3-6H2,1-2H3. The number of hydrogen-bond acceptors (Lipinski definition) is 4. The van der Waals surface area contributed by atoms with Crippen LogP contribution in [0.3, 0.4) is 0 Å². The number of nitrogens with zero attached hydrogens (tertiary/aromatic N) is 2. The molecule has 5 nitrogen and oxygen atoms in total. The Labute approximate surface area is 84.2 Å². The molecule has 0 spiro atoms. The van der Waals surface area contributed by atoms with Gasteiger partial charge >= 0.3 is 6.41 Å². The molecular formula is C9H17N2O3. The lowest BCUT2D eigenvalue weighted by molar-refractivity contribution is -0.169. The lowest BCUT2D eigenvalue weighted by atomic mass is 10.3. The Morgan fingerprint density at radius 2 is 1.86 bits per heavy atom. The van der Waals surface area contributed by atoms with Crippen LogP contribution in [0.15, 0.2) is 0 Å².